The number of carbonyl (C=O) groups is 3. The fourth-order valence-electron chi connectivity index (χ4n) is 7.88. The van der Waals surface area contributed by atoms with Crippen LogP contribution >= 0.6 is 11.6 Å². The lowest BCUT2D eigenvalue weighted by atomic mass is 9.89. The van der Waals surface area contributed by atoms with E-state index in [1.54, 1.807) is 19.1 Å². The molecule has 0 aliphatic carbocycles. The molecule has 0 bridgehead atoms. The highest BCUT2D eigenvalue weighted by Gasteiger charge is 2.33. The third-order valence-corrected chi connectivity index (χ3v) is 10.9. The highest BCUT2D eigenvalue weighted by Crippen LogP contribution is 2.41. The fourth-order valence-corrected chi connectivity index (χ4v) is 8.00. The SMILES string of the molecule is CC(=O)N1c2ccc(-c3ccc(N4CCC(N(C)Cc5ccc(N6CCC(=O)NC6=O)cc5F)CC4)cc3)cc2C(Nc2ccc(Cl)cc2)CC1C. The Balaban J connectivity index is 0.990. The molecule has 3 aliphatic heterocycles. The van der Waals surface area contributed by atoms with Gasteiger partial charge < -0.3 is 15.1 Å². The van der Waals surface area contributed by atoms with Crippen molar-refractivity contribution >= 4 is 52.2 Å². The largest absolute Gasteiger partial charge is 0.378 e. The maximum Gasteiger partial charge on any atom is 0.328 e. The normalized spacial score (nSPS) is 19.5. The number of anilines is 4. The van der Waals surface area contributed by atoms with Crippen LogP contribution in [0.1, 0.15) is 56.7 Å². The Morgan fingerprint density at radius 2 is 1.62 bits per heavy atom. The second-order valence-electron chi connectivity index (χ2n) is 14.2. The first-order chi connectivity index (χ1) is 25.0. The third-order valence-electron chi connectivity index (χ3n) is 10.7. The molecular formula is C41H44ClFN6O3. The molecule has 3 heterocycles. The Bertz CT molecular complexity index is 1960. The van der Waals surface area contributed by atoms with Gasteiger partial charge in [-0.3, -0.25) is 24.7 Å². The topological polar surface area (TPSA) is 88.2 Å². The molecule has 270 valence electrons. The molecule has 0 radical (unpaired) electrons. The maximum absolute atomic E-state index is 15.2. The minimum atomic E-state index is -0.519. The van der Waals surface area contributed by atoms with E-state index in [1.807, 2.05) is 36.2 Å². The Kier molecular flexibility index (Phi) is 10.2. The summed E-state index contributed by atoms with van der Waals surface area (Å²) in [5.41, 5.74) is 7.43. The lowest BCUT2D eigenvalue weighted by molar-refractivity contribution is -0.120. The highest BCUT2D eigenvalue weighted by molar-refractivity contribution is 6.30. The first-order valence-electron chi connectivity index (χ1n) is 18.0. The van der Waals surface area contributed by atoms with E-state index in [0.717, 1.165) is 60.4 Å². The van der Waals surface area contributed by atoms with Crippen molar-refractivity contribution in [1.82, 2.24) is 10.2 Å². The lowest BCUT2D eigenvalue weighted by Gasteiger charge is -2.40. The van der Waals surface area contributed by atoms with E-state index in [2.05, 4.69) is 69.8 Å². The molecule has 2 saturated heterocycles. The maximum atomic E-state index is 15.2. The van der Waals surface area contributed by atoms with E-state index < -0.39 is 6.03 Å². The van der Waals surface area contributed by atoms with Crippen molar-refractivity contribution in [2.75, 3.05) is 46.7 Å². The minimum absolute atomic E-state index is 0.0344. The van der Waals surface area contributed by atoms with Gasteiger partial charge in [-0.1, -0.05) is 35.9 Å². The number of carbonyl (C=O) groups excluding carboxylic acids is 3. The molecular weight excluding hydrogens is 679 g/mol. The van der Waals surface area contributed by atoms with Crippen LogP contribution in [0.25, 0.3) is 11.1 Å². The number of nitrogens with one attached hydrogen (secondary N) is 2. The molecule has 4 aromatic carbocycles. The summed E-state index contributed by atoms with van der Waals surface area (Å²) < 4.78 is 15.2. The molecule has 9 nitrogen and oxygen atoms in total. The van der Waals surface area contributed by atoms with Gasteiger partial charge in [0.15, 0.2) is 0 Å². The van der Waals surface area contributed by atoms with E-state index in [9.17, 15) is 14.4 Å². The van der Waals surface area contributed by atoms with Crippen molar-refractivity contribution in [2.24, 2.45) is 0 Å². The average Bonchev–Trinajstić information content (AvgIpc) is 3.13. The molecule has 2 N–H and O–H groups in total. The van der Waals surface area contributed by atoms with Gasteiger partial charge in [0.1, 0.15) is 5.82 Å². The third kappa shape index (κ3) is 7.49. The van der Waals surface area contributed by atoms with Gasteiger partial charge in [-0.15, -0.1) is 0 Å². The van der Waals surface area contributed by atoms with Crippen LogP contribution in [-0.2, 0) is 16.1 Å². The van der Waals surface area contributed by atoms with Crippen molar-refractivity contribution in [3.8, 4) is 11.1 Å². The van der Waals surface area contributed by atoms with Crippen LogP contribution in [0.4, 0.5) is 31.9 Å². The summed E-state index contributed by atoms with van der Waals surface area (Å²) in [4.78, 5) is 44.3. The first-order valence-corrected chi connectivity index (χ1v) is 18.3. The van der Waals surface area contributed by atoms with Gasteiger partial charge in [-0.2, -0.15) is 0 Å². The van der Waals surface area contributed by atoms with Gasteiger partial charge in [0.25, 0.3) is 0 Å². The van der Waals surface area contributed by atoms with Crippen LogP contribution in [0.2, 0.25) is 5.02 Å². The zero-order valence-corrected chi connectivity index (χ0v) is 30.5. The van der Waals surface area contributed by atoms with Crippen LogP contribution in [-0.4, -0.2) is 61.5 Å². The van der Waals surface area contributed by atoms with Crippen LogP contribution in [0.3, 0.4) is 0 Å². The molecule has 11 heteroatoms. The smallest absolute Gasteiger partial charge is 0.328 e. The zero-order chi connectivity index (χ0) is 36.5. The van der Waals surface area contributed by atoms with Gasteiger partial charge in [0.2, 0.25) is 11.8 Å². The molecule has 0 spiro atoms. The number of piperidine rings is 1. The van der Waals surface area contributed by atoms with Gasteiger partial charge in [0, 0.05) is 84.9 Å². The van der Waals surface area contributed by atoms with Gasteiger partial charge >= 0.3 is 6.03 Å². The Morgan fingerprint density at radius 3 is 2.29 bits per heavy atom. The standard InChI is InChI=1S/C41H44ClFN6O3/c1-26-22-38(44-32-10-8-31(42)9-11-32)36-23-29(7-15-39(36)49(26)27(2)50)28-4-12-34(13-5-28)47-19-16-33(17-20-47)46(3)25-30-6-14-35(24-37(30)43)48-21-18-40(51)45-41(48)52/h4-15,23-24,26,33,38,44H,16-22,25H2,1-3H3,(H,45,51,52). The summed E-state index contributed by atoms with van der Waals surface area (Å²) in [6, 6.07) is 27.6. The monoisotopic (exact) mass is 722 g/mol. The predicted octanol–water partition coefficient (Wildman–Crippen LogP) is 7.99. The van der Waals surface area contributed by atoms with Crippen molar-refractivity contribution in [1.29, 1.82) is 0 Å². The molecule has 4 aromatic rings. The van der Waals surface area contributed by atoms with E-state index in [1.165, 1.54) is 16.7 Å². The van der Waals surface area contributed by atoms with E-state index in [0.29, 0.717) is 28.9 Å². The molecule has 52 heavy (non-hydrogen) atoms. The summed E-state index contributed by atoms with van der Waals surface area (Å²) in [6.07, 6.45) is 2.89. The minimum Gasteiger partial charge on any atom is -0.378 e. The van der Waals surface area contributed by atoms with Crippen LogP contribution in [0.5, 0.6) is 0 Å². The van der Waals surface area contributed by atoms with Crippen molar-refractivity contribution < 1.29 is 18.8 Å². The summed E-state index contributed by atoms with van der Waals surface area (Å²) in [7, 11) is 2.04. The van der Waals surface area contributed by atoms with Crippen molar-refractivity contribution in [2.45, 2.75) is 64.2 Å². The fraction of sp³-hybridized carbons (Fsp3) is 0.341. The zero-order valence-electron chi connectivity index (χ0n) is 29.7. The number of hydrogen-bond donors (Lipinski definition) is 2. The second-order valence-corrected chi connectivity index (χ2v) is 14.6. The number of imide groups is 1. The first kappa shape index (κ1) is 35.5. The molecule has 2 fully saturated rings. The summed E-state index contributed by atoms with van der Waals surface area (Å²) >= 11 is 6.14. The number of fused-ring (bicyclic) bond motifs is 1. The van der Waals surface area contributed by atoms with Crippen LogP contribution in [0, 0.1) is 5.82 Å². The average molecular weight is 723 g/mol. The Labute approximate surface area is 309 Å². The number of amides is 4. The van der Waals surface area contributed by atoms with Gasteiger partial charge in [-0.05, 0) is 111 Å². The molecule has 2 unspecified atom stereocenters. The quantitative estimate of drug-likeness (QED) is 0.192. The van der Waals surface area contributed by atoms with Crippen molar-refractivity contribution in [3.05, 3.63) is 107 Å². The van der Waals surface area contributed by atoms with Crippen molar-refractivity contribution in [3.63, 3.8) is 0 Å². The molecule has 2 atom stereocenters. The Hall–Kier alpha value is -4.93. The number of rotatable bonds is 8. The van der Waals surface area contributed by atoms with Gasteiger partial charge in [-0.25, -0.2) is 9.18 Å². The number of hydrogen-bond acceptors (Lipinski definition) is 6. The summed E-state index contributed by atoms with van der Waals surface area (Å²) in [5.74, 6) is -0.633. The molecule has 0 aromatic heterocycles. The van der Waals surface area contributed by atoms with E-state index in [-0.39, 0.29) is 42.7 Å². The molecule has 0 saturated carbocycles. The summed E-state index contributed by atoms with van der Waals surface area (Å²) in [6.45, 7) is 6.23. The second kappa shape index (κ2) is 15.0. The summed E-state index contributed by atoms with van der Waals surface area (Å²) in [5, 5.41) is 6.66. The number of urea groups is 1. The van der Waals surface area contributed by atoms with Crippen LogP contribution < -0.4 is 25.3 Å². The number of halogens is 2. The van der Waals surface area contributed by atoms with E-state index >= 15 is 4.39 Å². The predicted molar refractivity (Wildman–Crippen MR) is 206 cm³/mol. The van der Waals surface area contributed by atoms with Crippen LogP contribution in [0.15, 0.2) is 84.9 Å². The van der Waals surface area contributed by atoms with Gasteiger partial charge in [0.05, 0.1) is 6.04 Å². The number of nitrogens with zero attached hydrogens (tertiary/aromatic N) is 4. The Morgan fingerprint density at radius 1 is 0.923 bits per heavy atom. The molecule has 3 aliphatic rings. The lowest BCUT2D eigenvalue weighted by Crippen LogP contribution is -2.49. The number of benzene rings is 4. The molecule has 4 amide bonds. The van der Waals surface area contributed by atoms with E-state index in [4.69, 9.17) is 11.6 Å². The molecule has 7 rings (SSSR count). The highest BCUT2D eigenvalue weighted by atomic mass is 35.5.